The van der Waals surface area contributed by atoms with Crippen LogP contribution in [0.3, 0.4) is 0 Å². The topological polar surface area (TPSA) is 78.7 Å². The third kappa shape index (κ3) is 5.09. The van der Waals surface area contributed by atoms with Crippen LogP contribution in [0.25, 0.3) is 0 Å². The van der Waals surface area contributed by atoms with Gasteiger partial charge in [0.15, 0.2) is 5.96 Å². The maximum absolute atomic E-state index is 12.4. The molecule has 2 aromatic rings. The Labute approximate surface area is 166 Å². The smallest absolute Gasteiger partial charge is 0.241 e. The van der Waals surface area contributed by atoms with Crippen LogP contribution in [0.1, 0.15) is 23.6 Å². The predicted octanol–water partition coefficient (Wildman–Crippen LogP) is 0.881. The van der Waals surface area contributed by atoms with E-state index in [9.17, 15) is 4.79 Å². The van der Waals surface area contributed by atoms with Crippen LogP contribution in [0.4, 0.5) is 0 Å². The van der Waals surface area contributed by atoms with Gasteiger partial charge in [-0.3, -0.25) is 19.5 Å². The number of likely N-dealkylation sites (tertiary alicyclic amines) is 1. The van der Waals surface area contributed by atoms with Crippen molar-refractivity contribution in [2.45, 2.75) is 18.8 Å². The highest BCUT2D eigenvalue weighted by Gasteiger charge is 2.27. The molecule has 0 spiro atoms. The molecule has 0 aromatic carbocycles. The summed E-state index contributed by atoms with van der Waals surface area (Å²) >= 11 is 0. The number of nitrogens with zero attached hydrogens (tertiary/aromatic N) is 6. The second-order valence-electron chi connectivity index (χ2n) is 7.17. The van der Waals surface area contributed by atoms with Gasteiger partial charge >= 0.3 is 0 Å². The number of hydrogen-bond donors (Lipinski definition) is 1. The van der Waals surface area contributed by atoms with Crippen molar-refractivity contribution in [3.05, 3.63) is 48.0 Å². The molecule has 1 fully saturated rings. The van der Waals surface area contributed by atoms with Crippen LogP contribution >= 0.6 is 0 Å². The lowest BCUT2D eigenvalue weighted by Gasteiger charge is -2.23. The molecule has 0 saturated carbocycles. The van der Waals surface area contributed by atoms with Crippen molar-refractivity contribution >= 4 is 11.9 Å². The molecular formula is C20H29N7O. The highest BCUT2D eigenvalue weighted by Crippen LogP contribution is 2.26. The Balaban J connectivity index is 1.45. The van der Waals surface area contributed by atoms with Crippen LogP contribution in [0.2, 0.25) is 0 Å². The fourth-order valence-electron chi connectivity index (χ4n) is 3.45. The number of aryl methyl sites for hydroxylation is 1. The molecular weight excluding hydrogens is 354 g/mol. The summed E-state index contributed by atoms with van der Waals surface area (Å²) in [4.78, 5) is 25.0. The highest BCUT2D eigenvalue weighted by atomic mass is 16.2. The molecule has 1 saturated heterocycles. The minimum Gasteiger partial charge on any atom is -0.347 e. The fourth-order valence-corrected chi connectivity index (χ4v) is 3.45. The van der Waals surface area contributed by atoms with Gasteiger partial charge in [0.1, 0.15) is 0 Å². The molecule has 150 valence electrons. The Morgan fingerprint density at radius 1 is 1.43 bits per heavy atom. The van der Waals surface area contributed by atoms with Gasteiger partial charge in [-0.15, -0.1) is 0 Å². The maximum atomic E-state index is 12.4. The Morgan fingerprint density at radius 2 is 2.29 bits per heavy atom. The van der Waals surface area contributed by atoms with Gasteiger partial charge in [-0.1, -0.05) is 6.07 Å². The normalized spacial score (nSPS) is 17.0. The third-order valence-electron chi connectivity index (χ3n) is 5.15. The molecule has 2 aromatic heterocycles. The zero-order chi connectivity index (χ0) is 19.9. The number of carbonyl (C=O) groups excluding carboxylic acids is 1. The molecule has 8 nitrogen and oxygen atoms in total. The summed E-state index contributed by atoms with van der Waals surface area (Å²) in [6.45, 7) is 2.68. The molecule has 3 rings (SSSR count). The van der Waals surface area contributed by atoms with Crippen molar-refractivity contribution in [2.75, 3.05) is 40.3 Å². The summed E-state index contributed by atoms with van der Waals surface area (Å²) in [6, 6.07) is 5.83. The Morgan fingerprint density at radius 3 is 2.96 bits per heavy atom. The van der Waals surface area contributed by atoms with E-state index in [1.165, 1.54) is 5.56 Å². The molecule has 1 aliphatic heterocycles. The lowest BCUT2D eigenvalue weighted by molar-refractivity contribution is -0.128. The number of carbonyl (C=O) groups is 1. The van der Waals surface area contributed by atoms with Crippen molar-refractivity contribution in [2.24, 2.45) is 12.0 Å². The van der Waals surface area contributed by atoms with Crippen LogP contribution in [-0.2, 0) is 18.3 Å². The monoisotopic (exact) mass is 383 g/mol. The van der Waals surface area contributed by atoms with E-state index in [1.54, 1.807) is 18.1 Å². The summed E-state index contributed by atoms with van der Waals surface area (Å²) in [5.74, 6) is 1.27. The number of hydrogen-bond acceptors (Lipinski definition) is 4. The SMILES string of the molecule is CN=C(NCC(=O)N(C)CCc1ccccn1)N1CCC(c2cnn(C)c2)C1. The highest BCUT2D eigenvalue weighted by molar-refractivity contribution is 5.86. The van der Waals surface area contributed by atoms with E-state index in [0.29, 0.717) is 12.5 Å². The number of pyridine rings is 1. The standard InChI is InChI=1S/C20H29N7O/c1-21-20(27-11-7-16(15-27)17-12-24-26(3)14-17)23-13-19(28)25(2)10-8-18-6-4-5-9-22-18/h4-6,9,12,14,16H,7-8,10-11,13,15H2,1-3H3,(H,21,23). The number of aliphatic imine (C=N–C) groups is 1. The van der Waals surface area contributed by atoms with E-state index in [4.69, 9.17) is 0 Å². The van der Waals surface area contributed by atoms with Gasteiger partial charge in [0.2, 0.25) is 5.91 Å². The van der Waals surface area contributed by atoms with E-state index < -0.39 is 0 Å². The van der Waals surface area contributed by atoms with Crippen LogP contribution in [0.5, 0.6) is 0 Å². The minimum atomic E-state index is 0.0417. The van der Waals surface area contributed by atoms with Crippen molar-refractivity contribution in [3.63, 3.8) is 0 Å². The van der Waals surface area contributed by atoms with Crippen LogP contribution in [-0.4, -0.2) is 76.7 Å². The van der Waals surface area contributed by atoms with E-state index in [2.05, 4.69) is 31.5 Å². The number of rotatable bonds is 6. The molecule has 3 heterocycles. The van der Waals surface area contributed by atoms with Gasteiger partial charge in [-0.25, -0.2) is 0 Å². The van der Waals surface area contributed by atoms with Gasteiger partial charge in [-0.2, -0.15) is 5.10 Å². The minimum absolute atomic E-state index is 0.0417. The first-order valence-corrected chi connectivity index (χ1v) is 9.65. The first-order chi connectivity index (χ1) is 13.6. The van der Waals surface area contributed by atoms with Gasteiger partial charge in [0.25, 0.3) is 0 Å². The summed E-state index contributed by atoms with van der Waals surface area (Å²) in [7, 11) is 5.52. The first kappa shape index (κ1) is 19.9. The summed E-state index contributed by atoms with van der Waals surface area (Å²) in [5, 5.41) is 7.48. The largest absolute Gasteiger partial charge is 0.347 e. The lowest BCUT2D eigenvalue weighted by atomic mass is 10.0. The predicted molar refractivity (Wildman–Crippen MR) is 109 cm³/mol. The average molecular weight is 384 g/mol. The molecule has 8 heteroatoms. The zero-order valence-electron chi connectivity index (χ0n) is 16.9. The molecule has 1 N–H and O–H groups in total. The van der Waals surface area contributed by atoms with Crippen molar-refractivity contribution in [1.82, 2.24) is 29.9 Å². The summed E-state index contributed by atoms with van der Waals surface area (Å²) in [6.07, 6.45) is 7.59. The van der Waals surface area contributed by atoms with E-state index >= 15 is 0 Å². The van der Waals surface area contributed by atoms with Crippen LogP contribution in [0, 0.1) is 0 Å². The number of guanidine groups is 1. The summed E-state index contributed by atoms with van der Waals surface area (Å²) in [5.41, 5.74) is 2.25. The molecule has 1 aliphatic rings. The number of nitrogens with one attached hydrogen (secondary N) is 1. The Bertz CT molecular complexity index is 802. The maximum Gasteiger partial charge on any atom is 0.241 e. The van der Waals surface area contributed by atoms with Crippen molar-refractivity contribution < 1.29 is 4.79 Å². The van der Waals surface area contributed by atoms with Crippen LogP contribution < -0.4 is 5.32 Å². The molecule has 0 radical (unpaired) electrons. The quantitative estimate of drug-likeness (QED) is 0.592. The second-order valence-corrected chi connectivity index (χ2v) is 7.17. The number of likely N-dealkylation sites (N-methyl/N-ethyl adjacent to an activating group) is 1. The molecule has 28 heavy (non-hydrogen) atoms. The second kappa shape index (κ2) is 9.34. The van der Waals surface area contributed by atoms with E-state index in [1.807, 2.05) is 43.2 Å². The van der Waals surface area contributed by atoms with Gasteiger partial charge in [0.05, 0.1) is 12.7 Å². The average Bonchev–Trinajstić information content (AvgIpc) is 3.36. The van der Waals surface area contributed by atoms with Gasteiger partial charge < -0.3 is 15.1 Å². The molecule has 1 atom stereocenters. The van der Waals surface area contributed by atoms with Gasteiger partial charge in [0, 0.05) is 71.2 Å². The number of amides is 1. The first-order valence-electron chi connectivity index (χ1n) is 9.65. The third-order valence-corrected chi connectivity index (χ3v) is 5.15. The molecule has 1 unspecified atom stereocenters. The Kier molecular flexibility index (Phi) is 6.62. The zero-order valence-corrected chi connectivity index (χ0v) is 16.9. The van der Waals surface area contributed by atoms with Crippen molar-refractivity contribution in [3.8, 4) is 0 Å². The van der Waals surface area contributed by atoms with Gasteiger partial charge in [-0.05, 0) is 24.1 Å². The molecule has 0 bridgehead atoms. The lowest BCUT2D eigenvalue weighted by Crippen LogP contribution is -2.45. The fraction of sp³-hybridized carbons (Fsp3) is 0.500. The molecule has 1 amide bonds. The van der Waals surface area contributed by atoms with E-state index in [-0.39, 0.29) is 12.5 Å². The number of aromatic nitrogens is 3. The Hall–Kier alpha value is -2.90. The van der Waals surface area contributed by atoms with Crippen molar-refractivity contribution in [1.29, 1.82) is 0 Å². The van der Waals surface area contributed by atoms with Crippen LogP contribution in [0.15, 0.2) is 41.8 Å². The van der Waals surface area contributed by atoms with E-state index in [0.717, 1.165) is 37.6 Å². The summed E-state index contributed by atoms with van der Waals surface area (Å²) < 4.78 is 1.84. The molecule has 0 aliphatic carbocycles.